The van der Waals surface area contributed by atoms with Crippen molar-refractivity contribution in [2.75, 3.05) is 18.0 Å². The van der Waals surface area contributed by atoms with Crippen molar-refractivity contribution in [3.8, 4) is 5.82 Å². The van der Waals surface area contributed by atoms with Gasteiger partial charge >= 0.3 is 5.97 Å². The zero-order valence-corrected chi connectivity index (χ0v) is 13.5. The molecule has 0 spiro atoms. The maximum atomic E-state index is 10.8. The fourth-order valence-corrected chi connectivity index (χ4v) is 3.04. The number of aromatic nitrogens is 4. The van der Waals surface area contributed by atoms with E-state index >= 15 is 0 Å². The van der Waals surface area contributed by atoms with Gasteiger partial charge in [0, 0.05) is 25.2 Å². The molecule has 0 unspecified atom stereocenters. The lowest BCUT2D eigenvalue weighted by Gasteiger charge is -2.15. The van der Waals surface area contributed by atoms with Gasteiger partial charge < -0.3 is 10.0 Å². The Morgan fingerprint density at radius 1 is 1.17 bits per heavy atom. The van der Waals surface area contributed by atoms with Gasteiger partial charge in [0.2, 0.25) is 0 Å². The van der Waals surface area contributed by atoms with Crippen LogP contribution in [0.15, 0.2) is 12.1 Å². The van der Waals surface area contributed by atoms with Gasteiger partial charge in [0.05, 0.1) is 5.69 Å². The Bertz CT molecular complexity index is 702. The van der Waals surface area contributed by atoms with Gasteiger partial charge in [-0.05, 0) is 50.8 Å². The number of carbonyl (C=O) groups is 1. The first-order chi connectivity index (χ1) is 11.1. The number of hydrogen-bond acceptors (Lipinski definition) is 5. The molecule has 0 aliphatic carbocycles. The van der Waals surface area contributed by atoms with Crippen LogP contribution in [0.3, 0.4) is 0 Å². The molecule has 3 heterocycles. The highest BCUT2D eigenvalue weighted by Gasteiger charge is 2.17. The lowest BCUT2D eigenvalue weighted by molar-refractivity contribution is -0.136. The normalized spacial score (nSPS) is 14.4. The predicted octanol–water partition coefficient (Wildman–Crippen LogP) is 1.90. The summed E-state index contributed by atoms with van der Waals surface area (Å²) in [6.07, 6.45) is 2.99. The van der Waals surface area contributed by atoms with Gasteiger partial charge in [-0.3, -0.25) is 4.79 Å². The average Bonchev–Trinajstić information content (AvgIpc) is 3.15. The van der Waals surface area contributed by atoms with Crippen molar-refractivity contribution in [2.45, 2.75) is 39.5 Å². The van der Waals surface area contributed by atoms with Crippen LogP contribution in [0.2, 0.25) is 0 Å². The second kappa shape index (κ2) is 6.36. The fraction of sp³-hybridized carbons (Fsp3) is 0.500. The highest BCUT2D eigenvalue weighted by atomic mass is 16.4. The second-order valence-electron chi connectivity index (χ2n) is 5.90. The van der Waals surface area contributed by atoms with Gasteiger partial charge in [0.15, 0.2) is 11.6 Å². The number of hydrogen-bond donors (Lipinski definition) is 1. The van der Waals surface area contributed by atoms with Gasteiger partial charge in [-0.2, -0.15) is 5.10 Å². The van der Waals surface area contributed by atoms with Gasteiger partial charge in [-0.1, -0.05) is 0 Å². The van der Waals surface area contributed by atoms with E-state index in [-0.39, 0.29) is 6.42 Å². The Morgan fingerprint density at radius 3 is 2.43 bits per heavy atom. The number of aliphatic carboxylic acids is 1. The van der Waals surface area contributed by atoms with Crippen LogP contribution >= 0.6 is 0 Å². The molecule has 1 aliphatic rings. The van der Waals surface area contributed by atoms with Crippen LogP contribution in [-0.4, -0.2) is 44.1 Å². The summed E-state index contributed by atoms with van der Waals surface area (Å²) in [5, 5.41) is 22.0. The monoisotopic (exact) mass is 315 g/mol. The molecule has 1 fully saturated rings. The molecule has 0 bridgehead atoms. The van der Waals surface area contributed by atoms with E-state index < -0.39 is 5.97 Å². The molecule has 0 atom stereocenters. The van der Waals surface area contributed by atoms with E-state index in [0.29, 0.717) is 12.2 Å². The van der Waals surface area contributed by atoms with E-state index in [0.717, 1.165) is 35.9 Å². The maximum absolute atomic E-state index is 10.8. The van der Waals surface area contributed by atoms with Crippen molar-refractivity contribution < 1.29 is 9.90 Å². The summed E-state index contributed by atoms with van der Waals surface area (Å²) in [5.41, 5.74) is 2.74. The van der Waals surface area contributed by atoms with Crippen molar-refractivity contribution >= 4 is 11.8 Å². The molecule has 7 heteroatoms. The molecule has 122 valence electrons. The van der Waals surface area contributed by atoms with Crippen molar-refractivity contribution in [3.05, 3.63) is 29.1 Å². The van der Waals surface area contributed by atoms with Crippen LogP contribution in [0.25, 0.3) is 5.82 Å². The third-order valence-electron chi connectivity index (χ3n) is 4.31. The minimum atomic E-state index is -0.800. The van der Waals surface area contributed by atoms with Crippen LogP contribution in [0.5, 0.6) is 0 Å². The minimum absolute atomic E-state index is 0.104. The van der Waals surface area contributed by atoms with E-state index in [9.17, 15) is 4.79 Å². The quantitative estimate of drug-likeness (QED) is 0.907. The van der Waals surface area contributed by atoms with Gasteiger partial charge in [-0.15, -0.1) is 10.2 Å². The molecular formula is C16H21N5O2. The summed E-state index contributed by atoms with van der Waals surface area (Å²) in [4.78, 5) is 13.0. The summed E-state index contributed by atoms with van der Waals surface area (Å²) in [6, 6.07) is 3.89. The van der Waals surface area contributed by atoms with Gasteiger partial charge in [0.1, 0.15) is 0 Å². The summed E-state index contributed by atoms with van der Waals surface area (Å²) in [6.45, 7) is 5.90. The van der Waals surface area contributed by atoms with Crippen LogP contribution in [0.4, 0.5) is 5.82 Å². The third kappa shape index (κ3) is 3.18. The summed E-state index contributed by atoms with van der Waals surface area (Å²) < 4.78 is 1.74. The van der Waals surface area contributed by atoms with E-state index in [1.54, 1.807) is 4.68 Å². The molecule has 0 amide bonds. The van der Waals surface area contributed by atoms with E-state index in [1.807, 2.05) is 26.0 Å². The SMILES string of the molecule is Cc1nn(-c2ccc(N3CCCC3)nn2)c(C)c1CCC(=O)O. The first-order valence-electron chi connectivity index (χ1n) is 7.92. The van der Waals surface area contributed by atoms with Gasteiger partial charge in [-0.25, -0.2) is 4.68 Å². The molecule has 1 saturated heterocycles. The second-order valence-corrected chi connectivity index (χ2v) is 5.90. The Morgan fingerprint density at radius 2 is 1.83 bits per heavy atom. The molecule has 1 aliphatic heterocycles. The van der Waals surface area contributed by atoms with Crippen LogP contribution < -0.4 is 4.90 Å². The van der Waals surface area contributed by atoms with E-state index in [1.165, 1.54) is 12.8 Å². The number of rotatable bonds is 5. The lowest BCUT2D eigenvalue weighted by atomic mass is 10.1. The lowest BCUT2D eigenvalue weighted by Crippen LogP contribution is -2.19. The number of carboxylic acids is 1. The molecular weight excluding hydrogens is 294 g/mol. The van der Waals surface area contributed by atoms with E-state index in [2.05, 4.69) is 20.2 Å². The van der Waals surface area contributed by atoms with Crippen molar-refractivity contribution in [3.63, 3.8) is 0 Å². The third-order valence-corrected chi connectivity index (χ3v) is 4.31. The molecule has 1 N–H and O–H groups in total. The zero-order chi connectivity index (χ0) is 16.4. The maximum Gasteiger partial charge on any atom is 0.303 e. The fourth-order valence-electron chi connectivity index (χ4n) is 3.04. The zero-order valence-electron chi connectivity index (χ0n) is 13.5. The van der Waals surface area contributed by atoms with E-state index in [4.69, 9.17) is 5.11 Å². The van der Waals surface area contributed by atoms with Crippen LogP contribution in [0.1, 0.15) is 36.2 Å². The molecule has 2 aromatic heterocycles. The largest absolute Gasteiger partial charge is 0.481 e. The van der Waals surface area contributed by atoms with Crippen molar-refractivity contribution in [2.24, 2.45) is 0 Å². The average molecular weight is 315 g/mol. The van der Waals surface area contributed by atoms with Crippen LogP contribution in [0, 0.1) is 13.8 Å². The molecule has 0 radical (unpaired) electrons. The Kier molecular flexibility index (Phi) is 4.27. The number of carboxylic acid groups (broad SMARTS) is 1. The van der Waals surface area contributed by atoms with Gasteiger partial charge in [0.25, 0.3) is 0 Å². The highest BCUT2D eigenvalue weighted by Crippen LogP contribution is 2.20. The smallest absolute Gasteiger partial charge is 0.303 e. The number of nitrogens with zero attached hydrogens (tertiary/aromatic N) is 5. The minimum Gasteiger partial charge on any atom is -0.481 e. The van der Waals surface area contributed by atoms with Crippen molar-refractivity contribution in [1.82, 2.24) is 20.0 Å². The summed E-state index contributed by atoms with van der Waals surface area (Å²) in [5.74, 6) is 0.764. The predicted molar refractivity (Wildman–Crippen MR) is 86.0 cm³/mol. The Hall–Kier alpha value is -2.44. The first kappa shape index (κ1) is 15.5. The summed E-state index contributed by atoms with van der Waals surface area (Å²) in [7, 11) is 0. The molecule has 7 nitrogen and oxygen atoms in total. The standard InChI is InChI=1S/C16H21N5O2/c1-11-13(5-8-16(22)23)12(2)21(19-11)15-7-6-14(17-18-15)20-9-3-4-10-20/h6-7H,3-5,8-10H2,1-2H3,(H,22,23). The highest BCUT2D eigenvalue weighted by molar-refractivity contribution is 5.67. The Labute approximate surface area is 134 Å². The first-order valence-corrected chi connectivity index (χ1v) is 7.92. The number of anilines is 1. The number of aryl methyl sites for hydroxylation is 1. The summed E-state index contributed by atoms with van der Waals surface area (Å²) >= 11 is 0. The molecule has 0 aromatic carbocycles. The topological polar surface area (TPSA) is 84.1 Å². The molecule has 2 aromatic rings. The van der Waals surface area contributed by atoms with Crippen molar-refractivity contribution in [1.29, 1.82) is 0 Å². The van der Waals surface area contributed by atoms with Crippen LogP contribution in [-0.2, 0) is 11.2 Å². The molecule has 23 heavy (non-hydrogen) atoms. The molecule has 3 rings (SSSR count). The Balaban J connectivity index is 1.83. The molecule has 0 saturated carbocycles.